The van der Waals surface area contributed by atoms with E-state index in [0.717, 1.165) is 5.56 Å². The predicted octanol–water partition coefficient (Wildman–Crippen LogP) is 1.83. The maximum atomic E-state index is 10.8. The second kappa shape index (κ2) is 5.58. The first kappa shape index (κ1) is 13.7. The highest BCUT2D eigenvalue weighted by atomic mass is 35.5. The Morgan fingerprint density at radius 2 is 2.13 bits per heavy atom. The van der Waals surface area contributed by atoms with Gasteiger partial charge in [-0.25, -0.2) is 4.79 Å². The van der Waals surface area contributed by atoms with Crippen LogP contribution in [0.25, 0.3) is 0 Å². The average Bonchev–Trinajstić information content (AvgIpc) is 2.16. The molecule has 3 N–H and O–H groups in total. The first-order valence-corrected chi connectivity index (χ1v) is 4.23. The van der Waals surface area contributed by atoms with Gasteiger partial charge in [-0.3, -0.25) is 0 Å². The maximum Gasteiger partial charge on any atom is 0.339 e. The molecule has 1 aromatic rings. The van der Waals surface area contributed by atoms with Gasteiger partial charge in [0.1, 0.15) is 11.3 Å². The van der Waals surface area contributed by atoms with Crippen LogP contribution in [0.3, 0.4) is 0 Å². The fraction of sp³-hybridized carbons (Fsp3) is 0.300. The molecule has 0 radical (unpaired) electrons. The summed E-state index contributed by atoms with van der Waals surface area (Å²) >= 11 is 0. The van der Waals surface area contributed by atoms with Gasteiger partial charge >= 0.3 is 5.97 Å². The first-order chi connectivity index (χ1) is 6.56. The summed E-state index contributed by atoms with van der Waals surface area (Å²) in [6.45, 7) is 1.83. The molecule has 1 aromatic carbocycles. The summed E-state index contributed by atoms with van der Waals surface area (Å²) in [5.41, 5.74) is 6.66. The summed E-state index contributed by atoms with van der Waals surface area (Å²) in [4.78, 5) is 10.8. The van der Waals surface area contributed by atoms with Gasteiger partial charge in [-0.1, -0.05) is 6.07 Å². The number of carboxylic acids is 1. The van der Waals surface area contributed by atoms with E-state index in [4.69, 9.17) is 15.6 Å². The van der Waals surface area contributed by atoms with Crippen molar-refractivity contribution < 1.29 is 14.6 Å². The molecule has 0 fully saturated rings. The molecule has 15 heavy (non-hydrogen) atoms. The van der Waals surface area contributed by atoms with Crippen LogP contribution in [0.2, 0.25) is 0 Å². The smallest absolute Gasteiger partial charge is 0.339 e. The van der Waals surface area contributed by atoms with E-state index in [9.17, 15) is 4.79 Å². The minimum absolute atomic E-state index is 0. The molecule has 0 aliphatic heterocycles. The monoisotopic (exact) mass is 231 g/mol. The lowest BCUT2D eigenvalue weighted by molar-refractivity contribution is 0.0693. The minimum Gasteiger partial charge on any atom is -0.496 e. The van der Waals surface area contributed by atoms with Crippen LogP contribution < -0.4 is 10.5 Å². The molecule has 0 unspecified atom stereocenters. The van der Waals surface area contributed by atoms with Gasteiger partial charge in [0.15, 0.2) is 0 Å². The SMILES string of the molecule is COc1cc([C@@H](C)N)ccc1C(=O)O.Cl. The summed E-state index contributed by atoms with van der Waals surface area (Å²) in [6, 6.07) is 4.71. The van der Waals surface area contributed by atoms with Gasteiger partial charge in [-0.15, -0.1) is 12.4 Å². The number of halogens is 1. The van der Waals surface area contributed by atoms with Crippen molar-refractivity contribution in [3.8, 4) is 5.75 Å². The predicted molar refractivity (Wildman–Crippen MR) is 59.8 cm³/mol. The van der Waals surface area contributed by atoms with E-state index < -0.39 is 5.97 Å². The van der Waals surface area contributed by atoms with Crippen LogP contribution in [-0.4, -0.2) is 18.2 Å². The van der Waals surface area contributed by atoms with E-state index in [2.05, 4.69) is 0 Å². The normalized spacial score (nSPS) is 11.4. The van der Waals surface area contributed by atoms with Crippen LogP contribution in [0.4, 0.5) is 0 Å². The van der Waals surface area contributed by atoms with E-state index in [1.54, 1.807) is 12.1 Å². The summed E-state index contributed by atoms with van der Waals surface area (Å²) in [7, 11) is 1.44. The van der Waals surface area contributed by atoms with E-state index in [1.807, 2.05) is 6.92 Å². The fourth-order valence-electron chi connectivity index (χ4n) is 1.17. The minimum atomic E-state index is -1.00. The van der Waals surface area contributed by atoms with Crippen molar-refractivity contribution in [2.24, 2.45) is 5.73 Å². The van der Waals surface area contributed by atoms with Crippen LogP contribution in [0, 0.1) is 0 Å². The van der Waals surface area contributed by atoms with Crippen LogP contribution in [0.1, 0.15) is 28.9 Å². The van der Waals surface area contributed by atoms with Crippen molar-refractivity contribution in [3.63, 3.8) is 0 Å². The Bertz CT molecular complexity index is 353. The van der Waals surface area contributed by atoms with Gasteiger partial charge in [0.2, 0.25) is 0 Å². The highest BCUT2D eigenvalue weighted by Gasteiger charge is 2.12. The number of carboxylic acid groups (broad SMARTS) is 1. The number of carbonyl (C=O) groups is 1. The third-order valence-electron chi connectivity index (χ3n) is 1.98. The Morgan fingerprint density at radius 1 is 1.53 bits per heavy atom. The van der Waals surface area contributed by atoms with Crippen molar-refractivity contribution in [1.29, 1.82) is 0 Å². The molecule has 1 rings (SSSR count). The van der Waals surface area contributed by atoms with Gasteiger partial charge < -0.3 is 15.6 Å². The second-order valence-corrected chi connectivity index (χ2v) is 3.05. The molecule has 0 amide bonds. The third-order valence-corrected chi connectivity index (χ3v) is 1.98. The standard InChI is InChI=1S/C10H13NO3.ClH/c1-6(11)7-3-4-8(10(12)13)9(5-7)14-2;/h3-6H,11H2,1-2H3,(H,12,13);1H/t6-;/m1./s1. The number of aromatic carboxylic acids is 1. The Balaban J connectivity index is 0.00000196. The van der Waals surface area contributed by atoms with Crippen LogP contribution in [0.5, 0.6) is 5.75 Å². The van der Waals surface area contributed by atoms with E-state index in [0.29, 0.717) is 5.75 Å². The number of nitrogens with two attached hydrogens (primary N) is 1. The molecule has 0 aromatic heterocycles. The third kappa shape index (κ3) is 3.11. The Morgan fingerprint density at radius 3 is 2.53 bits per heavy atom. The molecule has 0 saturated carbocycles. The maximum absolute atomic E-state index is 10.8. The molecular formula is C10H14ClNO3. The Hall–Kier alpha value is -1.26. The molecule has 0 heterocycles. The van der Waals surface area contributed by atoms with Gasteiger partial charge in [-0.05, 0) is 24.6 Å². The van der Waals surface area contributed by atoms with Gasteiger partial charge in [0, 0.05) is 6.04 Å². The Kier molecular flexibility index (Phi) is 5.11. The van der Waals surface area contributed by atoms with Gasteiger partial charge in [-0.2, -0.15) is 0 Å². The quantitative estimate of drug-likeness (QED) is 0.833. The van der Waals surface area contributed by atoms with Crippen LogP contribution in [-0.2, 0) is 0 Å². The molecule has 84 valence electrons. The number of hydrogen-bond donors (Lipinski definition) is 2. The number of hydrogen-bond acceptors (Lipinski definition) is 3. The summed E-state index contributed by atoms with van der Waals surface area (Å²) in [5, 5.41) is 8.82. The molecule has 0 saturated heterocycles. The molecule has 0 spiro atoms. The molecule has 0 aliphatic rings. The topological polar surface area (TPSA) is 72.5 Å². The van der Waals surface area contributed by atoms with Crippen molar-refractivity contribution >= 4 is 18.4 Å². The van der Waals surface area contributed by atoms with Gasteiger partial charge in [0.25, 0.3) is 0 Å². The van der Waals surface area contributed by atoms with Crippen molar-refractivity contribution in [2.75, 3.05) is 7.11 Å². The molecule has 4 nitrogen and oxygen atoms in total. The summed E-state index contributed by atoms with van der Waals surface area (Å²) in [6.07, 6.45) is 0. The van der Waals surface area contributed by atoms with Crippen molar-refractivity contribution in [1.82, 2.24) is 0 Å². The zero-order valence-corrected chi connectivity index (χ0v) is 9.38. The Labute approximate surface area is 94.5 Å². The number of benzene rings is 1. The average molecular weight is 232 g/mol. The lowest BCUT2D eigenvalue weighted by atomic mass is 10.1. The highest BCUT2D eigenvalue weighted by molar-refractivity contribution is 5.91. The molecule has 1 atom stereocenters. The zero-order valence-electron chi connectivity index (χ0n) is 8.56. The van der Waals surface area contributed by atoms with Crippen molar-refractivity contribution in [3.05, 3.63) is 29.3 Å². The molecule has 5 heteroatoms. The van der Waals surface area contributed by atoms with Crippen LogP contribution >= 0.6 is 12.4 Å². The van der Waals surface area contributed by atoms with Crippen LogP contribution in [0.15, 0.2) is 18.2 Å². The number of methoxy groups -OCH3 is 1. The van der Waals surface area contributed by atoms with E-state index >= 15 is 0 Å². The van der Waals surface area contributed by atoms with E-state index in [1.165, 1.54) is 13.2 Å². The number of ether oxygens (including phenoxy) is 1. The summed E-state index contributed by atoms with van der Waals surface area (Å²) in [5.74, 6) is -0.662. The molecule has 0 aliphatic carbocycles. The lowest BCUT2D eigenvalue weighted by Gasteiger charge is -2.09. The highest BCUT2D eigenvalue weighted by Crippen LogP contribution is 2.22. The van der Waals surface area contributed by atoms with E-state index in [-0.39, 0.29) is 24.0 Å². The number of rotatable bonds is 3. The summed E-state index contributed by atoms with van der Waals surface area (Å²) < 4.78 is 4.96. The zero-order chi connectivity index (χ0) is 10.7. The van der Waals surface area contributed by atoms with Crippen molar-refractivity contribution in [2.45, 2.75) is 13.0 Å². The molecule has 0 bridgehead atoms. The second-order valence-electron chi connectivity index (χ2n) is 3.05. The molecular weight excluding hydrogens is 218 g/mol. The largest absolute Gasteiger partial charge is 0.496 e. The first-order valence-electron chi connectivity index (χ1n) is 4.23. The van der Waals surface area contributed by atoms with Gasteiger partial charge in [0.05, 0.1) is 7.11 Å². The lowest BCUT2D eigenvalue weighted by Crippen LogP contribution is -2.07. The fourth-order valence-corrected chi connectivity index (χ4v) is 1.17.